The van der Waals surface area contributed by atoms with Crippen molar-refractivity contribution in [3.63, 3.8) is 0 Å². The minimum Gasteiger partial charge on any atom is -0.465 e. The zero-order chi connectivity index (χ0) is 15.8. The molecule has 1 amide bonds. The molecule has 0 saturated carbocycles. The highest BCUT2D eigenvalue weighted by Crippen LogP contribution is 2.32. The Hall–Kier alpha value is -2.24. The van der Waals surface area contributed by atoms with E-state index in [4.69, 9.17) is 14.2 Å². The van der Waals surface area contributed by atoms with Gasteiger partial charge in [0.1, 0.15) is 0 Å². The van der Waals surface area contributed by atoms with Gasteiger partial charge in [0.05, 0.1) is 6.61 Å². The highest BCUT2D eigenvalue weighted by molar-refractivity contribution is 6.04. The molecule has 0 unspecified atom stereocenters. The predicted molar refractivity (Wildman–Crippen MR) is 83.5 cm³/mol. The molecule has 2 rings (SSSR count). The number of rotatable bonds is 6. The molecular weight excluding hydrogens is 284 g/mol. The minimum atomic E-state index is -0.273. The van der Waals surface area contributed by atoms with E-state index in [1.807, 2.05) is 6.92 Å². The van der Waals surface area contributed by atoms with Crippen LogP contribution in [0.3, 0.4) is 0 Å². The summed E-state index contributed by atoms with van der Waals surface area (Å²) in [6.07, 6.45) is 2.85. The smallest absolute Gasteiger partial charge is 0.291 e. The number of hydrogen-bond acceptors (Lipinski definition) is 5. The Kier molecular flexibility index (Phi) is 6.06. The number of hydrogen-bond donors (Lipinski definition) is 1. The van der Waals surface area contributed by atoms with Crippen molar-refractivity contribution in [1.29, 1.82) is 0 Å². The van der Waals surface area contributed by atoms with Gasteiger partial charge in [-0.25, -0.2) is 4.99 Å². The van der Waals surface area contributed by atoms with E-state index in [9.17, 15) is 4.79 Å². The van der Waals surface area contributed by atoms with Gasteiger partial charge in [0.2, 0.25) is 6.79 Å². The average molecular weight is 306 g/mol. The Morgan fingerprint density at radius 3 is 2.86 bits per heavy atom. The molecule has 0 bridgehead atoms. The molecule has 22 heavy (non-hydrogen) atoms. The van der Waals surface area contributed by atoms with E-state index in [2.05, 4.69) is 17.2 Å². The summed E-state index contributed by atoms with van der Waals surface area (Å²) in [4.78, 5) is 16.6. The van der Waals surface area contributed by atoms with E-state index in [1.165, 1.54) is 0 Å². The van der Waals surface area contributed by atoms with Crippen LogP contribution in [0.1, 0.15) is 43.5 Å². The molecule has 1 aromatic carbocycles. The summed E-state index contributed by atoms with van der Waals surface area (Å²) >= 11 is 0. The summed E-state index contributed by atoms with van der Waals surface area (Å²) in [6.45, 7) is 5.43. The fraction of sp³-hybridized carbons (Fsp3) is 0.500. The van der Waals surface area contributed by atoms with Crippen LogP contribution < -0.4 is 14.8 Å². The molecule has 0 aliphatic carbocycles. The molecule has 120 valence electrons. The van der Waals surface area contributed by atoms with Crippen LogP contribution in [0.5, 0.6) is 11.5 Å². The van der Waals surface area contributed by atoms with Crippen LogP contribution in [0.4, 0.5) is 0 Å². The van der Waals surface area contributed by atoms with Gasteiger partial charge in [-0.1, -0.05) is 20.3 Å². The fourth-order valence-electron chi connectivity index (χ4n) is 1.87. The summed E-state index contributed by atoms with van der Waals surface area (Å²) in [5.41, 5.74) is 0.479. The number of aliphatic imine (C=N–C) groups is 1. The Morgan fingerprint density at radius 2 is 2.09 bits per heavy atom. The molecule has 1 aliphatic heterocycles. The van der Waals surface area contributed by atoms with Gasteiger partial charge in [-0.2, -0.15) is 0 Å². The molecule has 1 N–H and O–H groups in total. The molecule has 1 aliphatic rings. The zero-order valence-electron chi connectivity index (χ0n) is 13.1. The van der Waals surface area contributed by atoms with Gasteiger partial charge in [0.25, 0.3) is 11.9 Å². The van der Waals surface area contributed by atoms with Gasteiger partial charge >= 0.3 is 0 Å². The molecule has 1 heterocycles. The van der Waals surface area contributed by atoms with Crippen molar-refractivity contribution >= 4 is 11.9 Å². The van der Waals surface area contributed by atoms with Crippen molar-refractivity contribution in [2.45, 2.75) is 33.1 Å². The first-order chi connectivity index (χ1) is 10.7. The third-order valence-electron chi connectivity index (χ3n) is 3.07. The second-order valence-electron chi connectivity index (χ2n) is 4.91. The van der Waals surface area contributed by atoms with Crippen LogP contribution in [0, 0.1) is 0 Å². The van der Waals surface area contributed by atoms with Crippen molar-refractivity contribution in [3.8, 4) is 11.5 Å². The molecule has 6 nitrogen and oxygen atoms in total. The Morgan fingerprint density at radius 1 is 1.27 bits per heavy atom. The van der Waals surface area contributed by atoms with Gasteiger partial charge in [-0.3, -0.25) is 10.1 Å². The van der Waals surface area contributed by atoms with E-state index in [0.29, 0.717) is 30.2 Å². The molecule has 6 heteroatoms. The number of fused-ring (bicyclic) bond motifs is 1. The first-order valence-electron chi connectivity index (χ1n) is 7.62. The second-order valence-corrected chi connectivity index (χ2v) is 4.91. The van der Waals surface area contributed by atoms with Crippen molar-refractivity contribution < 1.29 is 19.0 Å². The third-order valence-corrected chi connectivity index (χ3v) is 3.07. The molecular formula is C16H22N2O4. The average Bonchev–Trinajstić information content (AvgIpc) is 3.00. The third kappa shape index (κ3) is 4.38. The molecule has 0 spiro atoms. The molecule has 0 aromatic heterocycles. The summed E-state index contributed by atoms with van der Waals surface area (Å²) in [5, 5.41) is 2.71. The van der Waals surface area contributed by atoms with Crippen LogP contribution in [-0.4, -0.2) is 31.9 Å². The molecule has 0 saturated heterocycles. The summed E-state index contributed by atoms with van der Waals surface area (Å²) in [5.74, 6) is 0.951. The number of nitrogens with one attached hydrogen (secondary N) is 1. The maximum Gasteiger partial charge on any atom is 0.291 e. The molecule has 0 atom stereocenters. The van der Waals surface area contributed by atoms with Gasteiger partial charge in [0, 0.05) is 12.1 Å². The Bertz CT molecular complexity index is 543. The number of ether oxygens (including phenoxy) is 3. The lowest BCUT2D eigenvalue weighted by Gasteiger charge is -2.10. The van der Waals surface area contributed by atoms with Crippen LogP contribution in [-0.2, 0) is 4.74 Å². The number of unbranched alkanes of at least 4 members (excludes halogenated alkanes) is 1. The predicted octanol–water partition coefficient (Wildman–Crippen LogP) is 2.73. The van der Waals surface area contributed by atoms with E-state index in [1.54, 1.807) is 18.2 Å². The molecule has 0 radical (unpaired) electrons. The standard InChI is InChI=1S/C16H22N2O4/c1-3-5-8-17-16(20-9-4-2)18-15(19)12-6-7-13-14(10-12)22-11-21-13/h6-7,10H,3-5,8-9,11H2,1-2H3,(H,17,18,19). The summed E-state index contributed by atoms with van der Waals surface area (Å²) in [7, 11) is 0. The number of nitrogens with zero attached hydrogens (tertiary/aromatic N) is 1. The topological polar surface area (TPSA) is 69.2 Å². The Labute approximate surface area is 130 Å². The highest BCUT2D eigenvalue weighted by Gasteiger charge is 2.17. The largest absolute Gasteiger partial charge is 0.465 e. The number of benzene rings is 1. The van der Waals surface area contributed by atoms with E-state index < -0.39 is 0 Å². The number of amides is 1. The van der Waals surface area contributed by atoms with E-state index in [0.717, 1.165) is 19.3 Å². The molecule has 0 fully saturated rings. The minimum absolute atomic E-state index is 0.184. The lowest BCUT2D eigenvalue weighted by atomic mass is 10.2. The lowest BCUT2D eigenvalue weighted by molar-refractivity contribution is 0.0965. The summed E-state index contributed by atoms with van der Waals surface area (Å²) in [6, 6.07) is 5.34. The van der Waals surface area contributed by atoms with Crippen LogP contribution in [0.2, 0.25) is 0 Å². The first-order valence-corrected chi connectivity index (χ1v) is 7.62. The summed E-state index contributed by atoms with van der Waals surface area (Å²) < 4.78 is 16.0. The zero-order valence-corrected chi connectivity index (χ0v) is 13.1. The molecule has 1 aromatic rings. The quantitative estimate of drug-likeness (QED) is 0.498. The maximum atomic E-state index is 12.3. The number of carbonyl (C=O) groups is 1. The van der Waals surface area contributed by atoms with E-state index >= 15 is 0 Å². The highest BCUT2D eigenvalue weighted by atomic mass is 16.7. The van der Waals surface area contributed by atoms with E-state index in [-0.39, 0.29) is 18.7 Å². The SMILES string of the molecule is CCCCN=C(NC(=O)c1ccc2c(c1)OCO2)OCCC. The van der Waals surface area contributed by atoms with Crippen LogP contribution in [0.25, 0.3) is 0 Å². The van der Waals surface area contributed by atoms with Gasteiger partial charge in [-0.05, 0) is 31.0 Å². The fourth-order valence-corrected chi connectivity index (χ4v) is 1.87. The maximum absolute atomic E-state index is 12.3. The monoisotopic (exact) mass is 306 g/mol. The van der Waals surface area contributed by atoms with Gasteiger partial charge in [0.15, 0.2) is 11.5 Å². The second kappa shape index (κ2) is 8.26. The van der Waals surface area contributed by atoms with Crippen molar-refractivity contribution in [2.75, 3.05) is 19.9 Å². The number of amidine groups is 1. The van der Waals surface area contributed by atoms with Gasteiger partial charge < -0.3 is 14.2 Å². The Balaban J connectivity index is 2.01. The van der Waals surface area contributed by atoms with Crippen molar-refractivity contribution in [1.82, 2.24) is 5.32 Å². The van der Waals surface area contributed by atoms with Crippen LogP contribution in [0.15, 0.2) is 23.2 Å². The number of carbonyl (C=O) groups excluding carboxylic acids is 1. The normalized spacial score (nSPS) is 13.1. The first kappa shape index (κ1) is 16.1. The van der Waals surface area contributed by atoms with Crippen molar-refractivity contribution in [3.05, 3.63) is 23.8 Å². The van der Waals surface area contributed by atoms with Crippen molar-refractivity contribution in [2.24, 2.45) is 4.99 Å². The van der Waals surface area contributed by atoms with Gasteiger partial charge in [-0.15, -0.1) is 0 Å². The van der Waals surface area contributed by atoms with Crippen LogP contribution >= 0.6 is 0 Å². The lowest BCUT2D eigenvalue weighted by Crippen LogP contribution is -2.33.